The highest BCUT2D eigenvalue weighted by Gasteiger charge is 2.35. The van der Waals surface area contributed by atoms with E-state index in [1.54, 1.807) is 13.8 Å². The molecule has 4 nitrogen and oxygen atoms in total. The minimum Gasteiger partial charge on any atom is -0.476 e. The van der Waals surface area contributed by atoms with Gasteiger partial charge >= 0.3 is 0 Å². The van der Waals surface area contributed by atoms with Gasteiger partial charge in [-0.15, -0.1) is 0 Å². The first-order chi connectivity index (χ1) is 8.97. The number of fused-ring (bicyclic) bond motifs is 1. The third kappa shape index (κ3) is 2.73. The van der Waals surface area contributed by atoms with Crippen LogP contribution in [0.1, 0.15) is 38.7 Å². The third-order valence-corrected chi connectivity index (χ3v) is 3.58. The number of ether oxygens (including phenoxy) is 1. The molecular weight excluding hydrogens is 240 g/mol. The van der Waals surface area contributed by atoms with Gasteiger partial charge in [0.2, 0.25) is 0 Å². The number of hydrogen-bond acceptors (Lipinski definition) is 3. The normalized spacial score (nSPS) is 18.2. The molecule has 0 spiro atoms. The first kappa shape index (κ1) is 13.9. The van der Waals surface area contributed by atoms with E-state index < -0.39 is 5.60 Å². The van der Waals surface area contributed by atoms with Crippen LogP contribution >= 0.6 is 0 Å². The van der Waals surface area contributed by atoms with Crippen molar-refractivity contribution in [2.45, 2.75) is 38.7 Å². The van der Waals surface area contributed by atoms with E-state index in [4.69, 9.17) is 4.74 Å². The van der Waals surface area contributed by atoms with Gasteiger partial charge in [0.25, 0.3) is 5.91 Å². The highest BCUT2D eigenvalue weighted by molar-refractivity contribution is 6.00. The van der Waals surface area contributed by atoms with Crippen molar-refractivity contribution in [3.05, 3.63) is 23.8 Å². The Kier molecular flexibility index (Phi) is 3.80. The summed E-state index contributed by atoms with van der Waals surface area (Å²) in [5, 5.41) is 6.10. The summed E-state index contributed by atoms with van der Waals surface area (Å²) in [5.41, 5.74) is 1.19. The van der Waals surface area contributed by atoms with Crippen molar-refractivity contribution in [2.75, 3.05) is 18.9 Å². The molecule has 1 aliphatic rings. The van der Waals surface area contributed by atoms with E-state index in [0.717, 1.165) is 24.4 Å². The van der Waals surface area contributed by atoms with Crippen molar-refractivity contribution >= 4 is 11.6 Å². The predicted molar refractivity (Wildman–Crippen MR) is 76.7 cm³/mol. The van der Waals surface area contributed by atoms with E-state index in [0.29, 0.717) is 5.92 Å². The summed E-state index contributed by atoms with van der Waals surface area (Å²) in [6.07, 6.45) is 1.06. The average molecular weight is 262 g/mol. The molecule has 4 heteroatoms. The smallest absolute Gasteiger partial charge is 0.268 e. The zero-order valence-corrected chi connectivity index (χ0v) is 12.0. The molecule has 0 radical (unpaired) electrons. The van der Waals surface area contributed by atoms with Gasteiger partial charge in [-0.05, 0) is 50.9 Å². The zero-order chi connectivity index (χ0) is 14.0. The lowest BCUT2D eigenvalue weighted by Gasteiger charge is -2.32. The Morgan fingerprint density at radius 2 is 2.16 bits per heavy atom. The molecule has 19 heavy (non-hydrogen) atoms. The second kappa shape index (κ2) is 5.21. The Bertz CT molecular complexity index is 483. The highest BCUT2D eigenvalue weighted by atomic mass is 16.5. The summed E-state index contributed by atoms with van der Waals surface area (Å²) in [5.74, 6) is 1.12. The second-order valence-corrected chi connectivity index (χ2v) is 5.48. The number of likely N-dealkylation sites (N-methyl/N-ethyl adjacent to an activating group) is 1. The first-order valence-electron chi connectivity index (χ1n) is 6.77. The minimum atomic E-state index is -0.809. The lowest BCUT2D eigenvalue weighted by Crippen LogP contribution is -2.45. The predicted octanol–water partition coefficient (Wildman–Crippen LogP) is 2.51. The van der Waals surface area contributed by atoms with Crippen LogP contribution in [0.15, 0.2) is 18.2 Å². The summed E-state index contributed by atoms with van der Waals surface area (Å²) in [6, 6.07) is 6.03. The maximum Gasteiger partial charge on any atom is 0.268 e. The molecule has 104 valence electrons. The molecule has 1 amide bonds. The molecular formula is C15H22N2O2. The van der Waals surface area contributed by atoms with E-state index in [2.05, 4.69) is 23.6 Å². The molecule has 0 fully saturated rings. The van der Waals surface area contributed by atoms with Crippen LogP contribution in [-0.2, 0) is 4.79 Å². The van der Waals surface area contributed by atoms with Crippen molar-refractivity contribution < 1.29 is 9.53 Å². The lowest BCUT2D eigenvalue weighted by atomic mass is 9.95. The van der Waals surface area contributed by atoms with Crippen LogP contribution < -0.4 is 15.4 Å². The SMILES string of the molecule is CCC(CNC)c1ccc2c(c1)OC(C)(C)C(=O)N2. The summed E-state index contributed by atoms with van der Waals surface area (Å²) in [7, 11) is 1.96. The maximum absolute atomic E-state index is 11.8. The van der Waals surface area contributed by atoms with Crippen molar-refractivity contribution in [2.24, 2.45) is 0 Å². The summed E-state index contributed by atoms with van der Waals surface area (Å²) in [6.45, 7) is 6.67. The largest absolute Gasteiger partial charge is 0.476 e. The zero-order valence-electron chi connectivity index (χ0n) is 12.0. The van der Waals surface area contributed by atoms with E-state index in [1.165, 1.54) is 5.56 Å². The number of carbonyl (C=O) groups excluding carboxylic acids is 1. The van der Waals surface area contributed by atoms with Gasteiger partial charge < -0.3 is 15.4 Å². The molecule has 0 aliphatic carbocycles. The van der Waals surface area contributed by atoms with Crippen molar-refractivity contribution in [1.82, 2.24) is 5.32 Å². The number of nitrogens with one attached hydrogen (secondary N) is 2. The summed E-state index contributed by atoms with van der Waals surface area (Å²) in [4.78, 5) is 11.8. The van der Waals surface area contributed by atoms with Crippen LogP contribution in [0.2, 0.25) is 0 Å². The second-order valence-electron chi connectivity index (χ2n) is 5.48. The van der Waals surface area contributed by atoms with Gasteiger partial charge in [-0.1, -0.05) is 13.0 Å². The Morgan fingerprint density at radius 1 is 1.42 bits per heavy atom. The maximum atomic E-state index is 11.8. The number of carbonyl (C=O) groups is 1. The quantitative estimate of drug-likeness (QED) is 0.876. The van der Waals surface area contributed by atoms with E-state index in [9.17, 15) is 4.79 Å². The fraction of sp³-hybridized carbons (Fsp3) is 0.533. The summed E-state index contributed by atoms with van der Waals surface area (Å²) >= 11 is 0. The Labute approximate surface area is 114 Å². The van der Waals surface area contributed by atoms with Crippen LogP contribution in [-0.4, -0.2) is 25.1 Å². The molecule has 0 aromatic heterocycles. The molecule has 1 atom stereocenters. The molecule has 1 aromatic rings. The van der Waals surface area contributed by atoms with Gasteiger partial charge in [0.05, 0.1) is 5.69 Å². The number of benzene rings is 1. The first-order valence-corrected chi connectivity index (χ1v) is 6.77. The van der Waals surface area contributed by atoms with Crippen LogP contribution in [0.25, 0.3) is 0 Å². The third-order valence-electron chi connectivity index (χ3n) is 3.58. The van der Waals surface area contributed by atoms with Gasteiger partial charge in [-0.3, -0.25) is 4.79 Å². The average Bonchev–Trinajstić information content (AvgIpc) is 2.36. The van der Waals surface area contributed by atoms with Crippen molar-refractivity contribution in [3.63, 3.8) is 0 Å². The molecule has 2 N–H and O–H groups in total. The molecule has 0 bridgehead atoms. The van der Waals surface area contributed by atoms with Gasteiger partial charge in [0, 0.05) is 6.54 Å². The van der Waals surface area contributed by atoms with Crippen LogP contribution in [0, 0.1) is 0 Å². The highest BCUT2D eigenvalue weighted by Crippen LogP contribution is 2.36. The Hall–Kier alpha value is -1.55. The van der Waals surface area contributed by atoms with Crippen LogP contribution in [0.5, 0.6) is 5.75 Å². The number of hydrogen-bond donors (Lipinski definition) is 2. The van der Waals surface area contributed by atoms with Crippen LogP contribution in [0.3, 0.4) is 0 Å². The topological polar surface area (TPSA) is 50.4 Å². The van der Waals surface area contributed by atoms with E-state index in [-0.39, 0.29) is 5.91 Å². The number of anilines is 1. The monoisotopic (exact) mass is 262 g/mol. The molecule has 1 heterocycles. The molecule has 1 unspecified atom stereocenters. The lowest BCUT2D eigenvalue weighted by molar-refractivity contribution is -0.129. The van der Waals surface area contributed by atoms with Crippen LogP contribution in [0.4, 0.5) is 5.69 Å². The number of amides is 1. The van der Waals surface area contributed by atoms with Gasteiger partial charge in [0.15, 0.2) is 5.60 Å². The van der Waals surface area contributed by atoms with Crippen molar-refractivity contribution in [1.29, 1.82) is 0 Å². The summed E-state index contributed by atoms with van der Waals surface area (Å²) < 4.78 is 5.81. The molecule has 0 saturated carbocycles. The van der Waals surface area contributed by atoms with Gasteiger partial charge in [-0.25, -0.2) is 0 Å². The van der Waals surface area contributed by atoms with Gasteiger partial charge in [-0.2, -0.15) is 0 Å². The van der Waals surface area contributed by atoms with Gasteiger partial charge in [0.1, 0.15) is 5.75 Å². The standard InChI is InChI=1S/C15H22N2O2/c1-5-10(9-16-4)11-6-7-12-13(8-11)19-15(2,3)14(18)17-12/h6-8,10,16H,5,9H2,1-4H3,(H,17,18). The molecule has 1 aliphatic heterocycles. The van der Waals surface area contributed by atoms with Crippen molar-refractivity contribution in [3.8, 4) is 5.75 Å². The molecule has 1 aromatic carbocycles. The number of rotatable bonds is 4. The Morgan fingerprint density at radius 3 is 2.79 bits per heavy atom. The fourth-order valence-corrected chi connectivity index (χ4v) is 2.32. The minimum absolute atomic E-state index is 0.102. The van der Waals surface area contributed by atoms with E-state index in [1.807, 2.05) is 19.2 Å². The molecule has 2 rings (SSSR count). The Balaban J connectivity index is 2.31. The van der Waals surface area contributed by atoms with E-state index >= 15 is 0 Å². The molecule has 0 saturated heterocycles. The fourth-order valence-electron chi connectivity index (χ4n) is 2.32.